The molecule has 22 heavy (non-hydrogen) atoms. The summed E-state index contributed by atoms with van der Waals surface area (Å²) in [5.41, 5.74) is 0.393. The fourth-order valence-corrected chi connectivity index (χ4v) is 1.88. The molecule has 0 saturated heterocycles. The number of ether oxygens (including phenoxy) is 2. The summed E-state index contributed by atoms with van der Waals surface area (Å²) in [5, 5.41) is 6.71. The lowest BCUT2D eigenvalue weighted by molar-refractivity contribution is 0.101. The Labute approximate surface area is 127 Å². The van der Waals surface area contributed by atoms with Gasteiger partial charge >= 0.3 is 0 Å². The van der Waals surface area contributed by atoms with Crippen molar-refractivity contribution < 1.29 is 14.3 Å². The van der Waals surface area contributed by atoms with E-state index in [-0.39, 0.29) is 11.3 Å². The summed E-state index contributed by atoms with van der Waals surface area (Å²) in [6, 6.07) is 7.75. The second kappa shape index (κ2) is 6.75. The predicted molar refractivity (Wildman–Crippen MR) is 81.7 cm³/mol. The highest BCUT2D eigenvalue weighted by molar-refractivity contribution is 6.03. The largest absolute Gasteiger partial charge is 0.497 e. The summed E-state index contributed by atoms with van der Waals surface area (Å²) in [6.07, 6.45) is 0. The van der Waals surface area contributed by atoms with Crippen molar-refractivity contribution in [1.82, 2.24) is 9.78 Å². The van der Waals surface area contributed by atoms with Gasteiger partial charge in [-0.25, -0.2) is 4.68 Å². The number of nitrogens with zero attached hydrogens (tertiary/aromatic N) is 2. The van der Waals surface area contributed by atoms with Crippen molar-refractivity contribution in [3.8, 4) is 11.5 Å². The molecule has 0 aliphatic heterocycles. The van der Waals surface area contributed by atoms with E-state index in [4.69, 9.17) is 9.47 Å². The van der Waals surface area contributed by atoms with Gasteiger partial charge in [0.25, 0.3) is 11.5 Å². The number of rotatable bonds is 5. The Morgan fingerprint density at radius 3 is 2.64 bits per heavy atom. The van der Waals surface area contributed by atoms with Crippen LogP contribution in [0.3, 0.4) is 0 Å². The second-order valence-corrected chi connectivity index (χ2v) is 4.39. The average Bonchev–Trinajstić information content (AvgIpc) is 2.55. The zero-order chi connectivity index (χ0) is 16.1. The number of aryl methyl sites for hydroxylation is 1. The SMILES string of the molecule is CCn1nc(C(=O)Nc2ccc(OC)cc2OC)ccc1=O. The van der Waals surface area contributed by atoms with E-state index >= 15 is 0 Å². The zero-order valence-corrected chi connectivity index (χ0v) is 12.6. The molecule has 1 amide bonds. The van der Waals surface area contributed by atoms with E-state index in [0.29, 0.717) is 23.7 Å². The third kappa shape index (κ3) is 3.25. The van der Waals surface area contributed by atoms with E-state index in [1.54, 1.807) is 32.2 Å². The van der Waals surface area contributed by atoms with E-state index in [2.05, 4.69) is 10.4 Å². The lowest BCUT2D eigenvalue weighted by Gasteiger charge is -2.11. The van der Waals surface area contributed by atoms with Gasteiger partial charge in [0, 0.05) is 18.7 Å². The number of anilines is 1. The van der Waals surface area contributed by atoms with Crippen LogP contribution in [0.5, 0.6) is 11.5 Å². The van der Waals surface area contributed by atoms with Crippen LogP contribution in [0.25, 0.3) is 0 Å². The van der Waals surface area contributed by atoms with Crippen LogP contribution < -0.4 is 20.3 Å². The first kappa shape index (κ1) is 15.6. The Balaban J connectivity index is 2.27. The summed E-state index contributed by atoms with van der Waals surface area (Å²) >= 11 is 0. The molecule has 0 saturated carbocycles. The molecule has 0 aliphatic carbocycles. The first-order valence-electron chi connectivity index (χ1n) is 6.70. The topological polar surface area (TPSA) is 82.5 Å². The maximum absolute atomic E-state index is 12.2. The Morgan fingerprint density at radius 1 is 1.23 bits per heavy atom. The van der Waals surface area contributed by atoms with Gasteiger partial charge in [0.05, 0.1) is 19.9 Å². The highest BCUT2D eigenvalue weighted by Crippen LogP contribution is 2.29. The lowest BCUT2D eigenvalue weighted by Crippen LogP contribution is -2.25. The first-order chi connectivity index (χ1) is 10.6. The molecule has 0 unspecified atom stereocenters. The third-order valence-corrected chi connectivity index (χ3v) is 3.06. The smallest absolute Gasteiger partial charge is 0.276 e. The zero-order valence-electron chi connectivity index (χ0n) is 12.6. The van der Waals surface area contributed by atoms with Gasteiger partial charge in [0.1, 0.15) is 17.2 Å². The van der Waals surface area contributed by atoms with Crippen LogP contribution in [0.1, 0.15) is 17.4 Å². The second-order valence-electron chi connectivity index (χ2n) is 4.39. The van der Waals surface area contributed by atoms with E-state index in [9.17, 15) is 9.59 Å². The number of aromatic nitrogens is 2. The van der Waals surface area contributed by atoms with Crippen molar-refractivity contribution in [2.24, 2.45) is 0 Å². The van der Waals surface area contributed by atoms with Gasteiger partial charge in [0.15, 0.2) is 0 Å². The number of benzene rings is 1. The number of amides is 1. The van der Waals surface area contributed by atoms with Crippen molar-refractivity contribution in [2.75, 3.05) is 19.5 Å². The molecule has 1 aromatic heterocycles. The Morgan fingerprint density at radius 2 is 2.00 bits per heavy atom. The van der Waals surface area contributed by atoms with Gasteiger partial charge in [-0.2, -0.15) is 5.10 Å². The number of carbonyl (C=O) groups excluding carboxylic acids is 1. The van der Waals surface area contributed by atoms with Crippen LogP contribution in [0.15, 0.2) is 35.1 Å². The van der Waals surface area contributed by atoms with E-state index < -0.39 is 5.91 Å². The Hall–Kier alpha value is -2.83. The summed E-state index contributed by atoms with van der Waals surface area (Å²) in [5.74, 6) is 0.662. The molecule has 1 N–H and O–H groups in total. The molecule has 0 fully saturated rings. The first-order valence-corrected chi connectivity index (χ1v) is 6.70. The maximum Gasteiger partial charge on any atom is 0.276 e. The van der Waals surface area contributed by atoms with E-state index in [1.807, 2.05) is 0 Å². The van der Waals surface area contributed by atoms with Gasteiger partial charge < -0.3 is 14.8 Å². The molecule has 7 heteroatoms. The molecule has 7 nitrogen and oxygen atoms in total. The lowest BCUT2D eigenvalue weighted by atomic mass is 10.2. The van der Waals surface area contributed by atoms with Gasteiger partial charge in [-0.1, -0.05) is 0 Å². The number of hydrogen-bond acceptors (Lipinski definition) is 5. The third-order valence-electron chi connectivity index (χ3n) is 3.06. The molecule has 0 radical (unpaired) electrons. The Kier molecular flexibility index (Phi) is 4.77. The van der Waals surface area contributed by atoms with Crippen LogP contribution in [-0.2, 0) is 6.54 Å². The molecule has 2 rings (SSSR count). The van der Waals surface area contributed by atoms with Crippen molar-refractivity contribution in [3.05, 3.63) is 46.4 Å². The van der Waals surface area contributed by atoms with Gasteiger partial charge in [-0.05, 0) is 25.1 Å². The normalized spacial score (nSPS) is 10.1. The maximum atomic E-state index is 12.2. The minimum atomic E-state index is -0.425. The van der Waals surface area contributed by atoms with Crippen LogP contribution in [-0.4, -0.2) is 29.9 Å². The quantitative estimate of drug-likeness (QED) is 0.906. The molecule has 1 aromatic carbocycles. The summed E-state index contributed by atoms with van der Waals surface area (Å²) in [6.45, 7) is 2.17. The number of carbonyl (C=O) groups is 1. The highest BCUT2D eigenvalue weighted by Gasteiger charge is 2.13. The predicted octanol–water partition coefficient (Wildman–Crippen LogP) is 1.53. The molecule has 0 bridgehead atoms. The molecule has 0 spiro atoms. The van der Waals surface area contributed by atoms with Crippen molar-refractivity contribution in [3.63, 3.8) is 0 Å². The number of hydrogen-bond donors (Lipinski definition) is 1. The van der Waals surface area contributed by atoms with Crippen LogP contribution in [0.2, 0.25) is 0 Å². The van der Waals surface area contributed by atoms with E-state index in [1.165, 1.54) is 23.9 Å². The average molecular weight is 303 g/mol. The van der Waals surface area contributed by atoms with E-state index in [0.717, 1.165) is 0 Å². The molecular weight excluding hydrogens is 286 g/mol. The molecule has 0 aliphatic rings. The molecule has 116 valence electrons. The number of nitrogens with one attached hydrogen (secondary N) is 1. The summed E-state index contributed by atoms with van der Waals surface area (Å²) < 4.78 is 11.5. The fraction of sp³-hybridized carbons (Fsp3) is 0.267. The molecule has 1 heterocycles. The molecule has 2 aromatic rings. The standard InChI is InChI=1S/C15H17N3O4/c1-4-18-14(19)8-7-12(17-18)15(20)16-11-6-5-10(21-2)9-13(11)22-3/h5-9H,4H2,1-3H3,(H,16,20). The van der Waals surface area contributed by atoms with Crippen LogP contribution in [0, 0.1) is 0 Å². The van der Waals surface area contributed by atoms with Crippen molar-refractivity contribution >= 4 is 11.6 Å². The summed E-state index contributed by atoms with van der Waals surface area (Å²) in [4.78, 5) is 23.7. The minimum absolute atomic E-state index is 0.152. The van der Waals surface area contributed by atoms with Gasteiger partial charge in [-0.15, -0.1) is 0 Å². The number of methoxy groups -OCH3 is 2. The van der Waals surface area contributed by atoms with Crippen LogP contribution >= 0.6 is 0 Å². The fourth-order valence-electron chi connectivity index (χ4n) is 1.88. The van der Waals surface area contributed by atoms with Crippen LogP contribution in [0.4, 0.5) is 5.69 Å². The monoisotopic (exact) mass is 303 g/mol. The molecule has 0 atom stereocenters. The van der Waals surface area contributed by atoms with Gasteiger partial charge in [0.2, 0.25) is 0 Å². The minimum Gasteiger partial charge on any atom is -0.497 e. The summed E-state index contributed by atoms with van der Waals surface area (Å²) in [7, 11) is 3.05. The van der Waals surface area contributed by atoms with Crippen molar-refractivity contribution in [2.45, 2.75) is 13.5 Å². The highest BCUT2D eigenvalue weighted by atomic mass is 16.5. The molecular formula is C15H17N3O4. The Bertz CT molecular complexity index is 740. The van der Waals surface area contributed by atoms with Gasteiger partial charge in [-0.3, -0.25) is 9.59 Å². The van der Waals surface area contributed by atoms with Crippen molar-refractivity contribution in [1.29, 1.82) is 0 Å².